The van der Waals surface area contributed by atoms with Crippen LogP contribution in [-0.4, -0.2) is 24.6 Å². The molecule has 0 radical (unpaired) electrons. The normalized spacial score (nSPS) is 16.1. The zero-order valence-electron chi connectivity index (χ0n) is 13.0. The fraction of sp³-hybridized carbons (Fsp3) is 0.222. The van der Waals surface area contributed by atoms with Crippen molar-refractivity contribution in [3.63, 3.8) is 0 Å². The number of esters is 1. The smallest absolute Gasteiger partial charge is 0.339 e. The number of hydrogen-bond donors (Lipinski definition) is 1. The van der Waals surface area contributed by atoms with Gasteiger partial charge in [0.1, 0.15) is 5.75 Å². The lowest BCUT2D eigenvalue weighted by Gasteiger charge is -2.24. The van der Waals surface area contributed by atoms with Crippen LogP contribution in [0.2, 0.25) is 5.02 Å². The first-order valence-corrected chi connectivity index (χ1v) is 7.98. The largest absolute Gasteiger partial charge is 0.492 e. The molecule has 124 valence electrons. The summed E-state index contributed by atoms with van der Waals surface area (Å²) in [6.45, 7) is 2.35. The Morgan fingerprint density at radius 2 is 2.12 bits per heavy atom. The predicted octanol–water partition coefficient (Wildman–Crippen LogP) is 3.46. The number of carbonyl (C=O) groups is 2. The summed E-state index contributed by atoms with van der Waals surface area (Å²) in [5.41, 5.74) is 1.69. The molecule has 0 fully saturated rings. The van der Waals surface area contributed by atoms with Gasteiger partial charge in [0.15, 0.2) is 6.10 Å². The number of fused-ring (bicyclic) bond motifs is 1. The molecule has 0 bridgehead atoms. The fourth-order valence-corrected chi connectivity index (χ4v) is 2.77. The van der Waals surface area contributed by atoms with Crippen molar-refractivity contribution in [1.29, 1.82) is 0 Å². The standard InChI is InChI=1S/C18H16ClNO4/c1-2-23-15-6-4-3-5-14(15)20-17(21)16-10-11-9-12(19)7-8-13(11)18(22)24-16/h3-9,16H,2,10H2,1H3,(H,20,21). The molecule has 1 heterocycles. The van der Waals surface area contributed by atoms with E-state index in [2.05, 4.69) is 5.32 Å². The summed E-state index contributed by atoms with van der Waals surface area (Å²) in [5.74, 6) is -0.355. The number of halogens is 1. The van der Waals surface area contributed by atoms with Gasteiger partial charge in [-0.15, -0.1) is 0 Å². The summed E-state index contributed by atoms with van der Waals surface area (Å²) in [7, 11) is 0. The van der Waals surface area contributed by atoms with E-state index in [1.807, 2.05) is 13.0 Å². The number of para-hydroxylation sites is 2. The van der Waals surface area contributed by atoms with Gasteiger partial charge >= 0.3 is 5.97 Å². The lowest BCUT2D eigenvalue weighted by molar-refractivity contribution is -0.125. The van der Waals surface area contributed by atoms with Gasteiger partial charge < -0.3 is 14.8 Å². The Labute approximate surface area is 144 Å². The molecule has 5 nitrogen and oxygen atoms in total. The van der Waals surface area contributed by atoms with Crippen LogP contribution >= 0.6 is 11.6 Å². The van der Waals surface area contributed by atoms with Crippen LogP contribution in [0.5, 0.6) is 5.75 Å². The van der Waals surface area contributed by atoms with E-state index in [1.54, 1.807) is 36.4 Å². The van der Waals surface area contributed by atoms with E-state index in [1.165, 1.54) is 0 Å². The second-order valence-electron chi connectivity index (χ2n) is 5.32. The summed E-state index contributed by atoms with van der Waals surface area (Å²) < 4.78 is 10.7. The first-order valence-electron chi connectivity index (χ1n) is 7.60. The predicted molar refractivity (Wildman–Crippen MR) is 90.6 cm³/mol. The Morgan fingerprint density at radius 3 is 2.92 bits per heavy atom. The number of cyclic esters (lactones) is 1. The minimum Gasteiger partial charge on any atom is -0.492 e. The van der Waals surface area contributed by atoms with Crippen LogP contribution < -0.4 is 10.1 Å². The van der Waals surface area contributed by atoms with Gasteiger partial charge in [0.05, 0.1) is 17.9 Å². The zero-order chi connectivity index (χ0) is 17.1. The number of hydrogen-bond acceptors (Lipinski definition) is 4. The molecule has 1 aliphatic rings. The summed E-state index contributed by atoms with van der Waals surface area (Å²) in [6, 6.07) is 12.0. The molecule has 0 aliphatic carbocycles. The number of benzene rings is 2. The Morgan fingerprint density at radius 1 is 1.33 bits per heavy atom. The quantitative estimate of drug-likeness (QED) is 0.862. The number of carbonyl (C=O) groups excluding carboxylic acids is 2. The maximum absolute atomic E-state index is 12.5. The van der Waals surface area contributed by atoms with E-state index < -0.39 is 18.0 Å². The molecule has 1 amide bonds. The third-order valence-electron chi connectivity index (χ3n) is 3.68. The maximum Gasteiger partial charge on any atom is 0.339 e. The molecule has 2 aromatic carbocycles. The average molecular weight is 346 g/mol. The van der Waals surface area contributed by atoms with Gasteiger partial charge in [0, 0.05) is 11.4 Å². The average Bonchev–Trinajstić information content (AvgIpc) is 2.56. The topological polar surface area (TPSA) is 64.6 Å². The second-order valence-corrected chi connectivity index (χ2v) is 5.75. The van der Waals surface area contributed by atoms with Gasteiger partial charge in [-0.25, -0.2) is 4.79 Å². The Kier molecular flexibility index (Phi) is 4.71. The molecule has 2 aromatic rings. The highest BCUT2D eigenvalue weighted by Crippen LogP contribution is 2.27. The summed E-state index contributed by atoms with van der Waals surface area (Å²) in [4.78, 5) is 24.6. The van der Waals surface area contributed by atoms with Crippen molar-refractivity contribution in [3.8, 4) is 5.75 Å². The van der Waals surface area contributed by atoms with E-state index in [0.717, 1.165) is 0 Å². The number of ether oxygens (including phenoxy) is 2. The van der Waals surface area contributed by atoms with Gasteiger partial charge in [-0.1, -0.05) is 23.7 Å². The Balaban J connectivity index is 1.78. The molecular weight excluding hydrogens is 330 g/mol. The van der Waals surface area contributed by atoms with E-state index in [0.29, 0.717) is 34.2 Å². The number of nitrogens with one attached hydrogen (secondary N) is 1. The number of anilines is 1. The minimum atomic E-state index is -0.904. The van der Waals surface area contributed by atoms with Crippen LogP contribution in [0.4, 0.5) is 5.69 Å². The van der Waals surface area contributed by atoms with E-state index in [9.17, 15) is 9.59 Å². The molecule has 1 aliphatic heterocycles. The lowest BCUT2D eigenvalue weighted by Crippen LogP contribution is -2.38. The highest BCUT2D eigenvalue weighted by atomic mass is 35.5. The third kappa shape index (κ3) is 3.36. The highest BCUT2D eigenvalue weighted by molar-refractivity contribution is 6.30. The molecule has 6 heteroatoms. The Hall–Kier alpha value is -2.53. The first kappa shape index (κ1) is 16.3. The van der Waals surface area contributed by atoms with Crippen molar-refractivity contribution in [1.82, 2.24) is 0 Å². The van der Waals surface area contributed by atoms with Gasteiger partial charge in [-0.2, -0.15) is 0 Å². The van der Waals surface area contributed by atoms with Crippen molar-refractivity contribution in [3.05, 3.63) is 58.6 Å². The molecule has 1 N–H and O–H groups in total. The first-order chi connectivity index (χ1) is 11.6. The minimum absolute atomic E-state index is 0.282. The number of rotatable bonds is 4. The molecule has 3 rings (SSSR count). The lowest BCUT2D eigenvalue weighted by atomic mass is 9.98. The van der Waals surface area contributed by atoms with Crippen LogP contribution in [0.15, 0.2) is 42.5 Å². The molecule has 0 saturated carbocycles. The molecule has 0 spiro atoms. The molecule has 1 unspecified atom stereocenters. The molecular formula is C18H16ClNO4. The van der Waals surface area contributed by atoms with Crippen LogP contribution in [0.25, 0.3) is 0 Å². The van der Waals surface area contributed by atoms with Gasteiger partial charge in [-0.05, 0) is 42.8 Å². The number of amides is 1. The summed E-state index contributed by atoms with van der Waals surface area (Å²) in [5, 5.41) is 3.27. The SMILES string of the molecule is CCOc1ccccc1NC(=O)C1Cc2cc(Cl)ccc2C(=O)O1. The van der Waals surface area contributed by atoms with E-state index >= 15 is 0 Å². The van der Waals surface area contributed by atoms with Crippen molar-refractivity contribution in [2.75, 3.05) is 11.9 Å². The van der Waals surface area contributed by atoms with Crippen molar-refractivity contribution in [2.45, 2.75) is 19.4 Å². The van der Waals surface area contributed by atoms with E-state index in [-0.39, 0.29) is 6.42 Å². The van der Waals surface area contributed by atoms with Crippen LogP contribution in [0.3, 0.4) is 0 Å². The molecule has 0 saturated heterocycles. The van der Waals surface area contributed by atoms with Crippen molar-refractivity contribution < 1.29 is 19.1 Å². The second kappa shape index (κ2) is 6.93. The van der Waals surface area contributed by atoms with Gasteiger partial charge in [-0.3, -0.25) is 4.79 Å². The molecule has 24 heavy (non-hydrogen) atoms. The van der Waals surface area contributed by atoms with Gasteiger partial charge in [0.25, 0.3) is 5.91 Å². The van der Waals surface area contributed by atoms with Crippen LogP contribution in [-0.2, 0) is 16.0 Å². The third-order valence-corrected chi connectivity index (χ3v) is 3.91. The van der Waals surface area contributed by atoms with Crippen molar-refractivity contribution >= 4 is 29.2 Å². The van der Waals surface area contributed by atoms with E-state index in [4.69, 9.17) is 21.1 Å². The van der Waals surface area contributed by atoms with Gasteiger partial charge in [0.2, 0.25) is 0 Å². The maximum atomic E-state index is 12.5. The zero-order valence-corrected chi connectivity index (χ0v) is 13.8. The van der Waals surface area contributed by atoms with Crippen LogP contribution in [0, 0.1) is 0 Å². The molecule has 0 aromatic heterocycles. The monoisotopic (exact) mass is 345 g/mol. The van der Waals surface area contributed by atoms with Crippen LogP contribution in [0.1, 0.15) is 22.8 Å². The summed E-state index contributed by atoms with van der Waals surface area (Å²) in [6.07, 6.45) is -0.622. The summed E-state index contributed by atoms with van der Waals surface area (Å²) >= 11 is 5.97. The fourth-order valence-electron chi connectivity index (χ4n) is 2.58. The Bertz CT molecular complexity index is 790. The molecule has 1 atom stereocenters. The van der Waals surface area contributed by atoms with Crippen molar-refractivity contribution in [2.24, 2.45) is 0 Å². The highest BCUT2D eigenvalue weighted by Gasteiger charge is 2.31.